The van der Waals surface area contributed by atoms with Crippen LogP contribution in [0, 0.1) is 0 Å². The number of benzene rings is 2. The molecule has 1 aliphatic heterocycles. The van der Waals surface area contributed by atoms with Gasteiger partial charge in [-0.2, -0.15) is 0 Å². The third-order valence-corrected chi connectivity index (χ3v) is 4.99. The van der Waals surface area contributed by atoms with Gasteiger partial charge in [-0.3, -0.25) is 9.89 Å². The van der Waals surface area contributed by atoms with Gasteiger partial charge in [0.1, 0.15) is 0 Å². The highest BCUT2D eigenvalue weighted by Gasteiger charge is 2.10. The SMILES string of the molecule is CN=C(NCc1ccc(CN2CCOCC2)cc1)NCc1ccccc1Cl.I. The largest absolute Gasteiger partial charge is 0.379 e. The number of hydrogen-bond acceptors (Lipinski definition) is 3. The zero-order chi connectivity index (χ0) is 18.9. The predicted molar refractivity (Wildman–Crippen MR) is 126 cm³/mol. The first-order valence-corrected chi connectivity index (χ1v) is 9.68. The van der Waals surface area contributed by atoms with E-state index in [1.54, 1.807) is 7.05 Å². The van der Waals surface area contributed by atoms with Crippen LogP contribution >= 0.6 is 35.6 Å². The predicted octanol–water partition coefficient (Wildman–Crippen LogP) is 3.66. The molecule has 1 aliphatic rings. The molecule has 0 saturated carbocycles. The molecule has 0 bridgehead atoms. The standard InChI is InChI=1S/C21H27ClN4O.HI/c1-23-21(25-15-19-4-2-3-5-20(19)22)24-14-17-6-8-18(9-7-17)16-26-10-12-27-13-11-26;/h2-9H,10-16H2,1H3,(H2,23,24,25);1H. The molecule has 152 valence electrons. The van der Waals surface area contributed by atoms with Crippen molar-refractivity contribution in [1.29, 1.82) is 0 Å². The van der Waals surface area contributed by atoms with Crippen LogP contribution in [0.1, 0.15) is 16.7 Å². The van der Waals surface area contributed by atoms with Crippen molar-refractivity contribution in [2.24, 2.45) is 4.99 Å². The van der Waals surface area contributed by atoms with E-state index in [-0.39, 0.29) is 24.0 Å². The summed E-state index contributed by atoms with van der Waals surface area (Å²) < 4.78 is 5.40. The Balaban J connectivity index is 0.00000280. The van der Waals surface area contributed by atoms with Crippen molar-refractivity contribution in [1.82, 2.24) is 15.5 Å². The summed E-state index contributed by atoms with van der Waals surface area (Å²) in [6.07, 6.45) is 0. The fourth-order valence-electron chi connectivity index (χ4n) is 3.01. The van der Waals surface area contributed by atoms with Gasteiger partial charge in [0, 0.05) is 44.8 Å². The molecule has 1 saturated heterocycles. The molecule has 0 atom stereocenters. The van der Waals surface area contributed by atoms with Crippen molar-refractivity contribution in [3.8, 4) is 0 Å². The van der Waals surface area contributed by atoms with Gasteiger partial charge in [-0.05, 0) is 22.8 Å². The summed E-state index contributed by atoms with van der Waals surface area (Å²) in [6.45, 7) is 6.04. The van der Waals surface area contributed by atoms with Crippen molar-refractivity contribution < 1.29 is 4.74 Å². The summed E-state index contributed by atoms with van der Waals surface area (Å²) in [5.74, 6) is 0.757. The Hall–Kier alpha value is -1.35. The van der Waals surface area contributed by atoms with E-state index in [9.17, 15) is 0 Å². The van der Waals surface area contributed by atoms with Crippen LogP contribution in [0.3, 0.4) is 0 Å². The molecule has 28 heavy (non-hydrogen) atoms. The smallest absolute Gasteiger partial charge is 0.191 e. The molecule has 0 amide bonds. The molecule has 2 N–H and O–H groups in total. The molecule has 0 spiro atoms. The van der Waals surface area contributed by atoms with Crippen molar-refractivity contribution >= 4 is 41.5 Å². The third kappa shape index (κ3) is 7.24. The Morgan fingerprint density at radius 3 is 2.32 bits per heavy atom. The second-order valence-corrected chi connectivity index (χ2v) is 6.98. The number of nitrogens with zero attached hydrogens (tertiary/aromatic N) is 2. The lowest BCUT2D eigenvalue weighted by molar-refractivity contribution is 0.0342. The lowest BCUT2D eigenvalue weighted by Crippen LogP contribution is -2.36. The molecule has 2 aromatic carbocycles. The van der Waals surface area contributed by atoms with Gasteiger partial charge < -0.3 is 15.4 Å². The Morgan fingerprint density at radius 2 is 1.64 bits per heavy atom. The molecular weight excluding hydrogens is 487 g/mol. The van der Waals surface area contributed by atoms with Crippen LogP contribution in [0.25, 0.3) is 0 Å². The number of hydrogen-bond donors (Lipinski definition) is 2. The average Bonchev–Trinajstić information content (AvgIpc) is 2.71. The molecule has 0 unspecified atom stereocenters. The lowest BCUT2D eigenvalue weighted by Gasteiger charge is -2.26. The minimum Gasteiger partial charge on any atom is -0.379 e. The molecule has 7 heteroatoms. The normalized spacial score (nSPS) is 15.0. The van der Waals surface area contributed by atoms with Crippen LogP contribution in [-0.4, -0.2) is 44.2 Å². The van der Waals surface area contributed by atoms with Crippen LogP contribution < -0.4 is 10.6 Å². The molecule has 5 nitrogen and oxygen atoms in total. The van der Waals surface area contributed by atoms with Crippen LogP contribution in [0.5, 0.6) is 0 Å². The maximum atomic E-state index is 6.20. The van der Waals surface area contributed by atoms with Crippen molar-refractivity contribution in [3.63, 3.8) is 0 Å². The van der Waals surface area contributed by atoms with Gasteiger partial charge in [0.2, 0.25) is 0 Å². The van der Waals surface area contributed by atoms with E-state index < -0.39 is 0 Å². The zero-order valence-corrected chi connectivity index (χ0v) is 19.2. The molecule has 0 aromatic heterocycles. The molecule has 0 radical (unpaired) electrons. The van der Waals surface area contributed by atoms with Crippen LogP contribution in [0.4, 0.5) is 0 Å². The summed E-state index contributed by atoms with van der Waals surface area (Å²) in [4.78, 5) is 6.70. The number of aliphatic imine (C=N–C) groups is 1. The van der Waals surface area contributed by atoms with E-state index in [1.165, 1.54) is 11.1 Å². The fraction of sp³-hybridized carbons (Fsp3) is 0.381. The van der Waals surface area contributed by atoms with Gasteiger partial charge in [-0.25, -0.2) is 0 Å². The topological polar surface area (TPSA) is 48.9 Å². The quantitative estimate of drug-likeness (QED) is 0.351. The van der Waals surface area contributed by atoms with E-state index in [0.29, 0.717) is 6.54 Å². The summed E-state index contributed by atoms with van der Waals surface area (Å²) in [5.41, 5.74) is 3.61. The van der Waals surface area contributed by atoms with Gasteiger partial charge in [-0.1, -0.05) is 54.1 Å². The average molecular weight is 515 g/mol. The van der Waals surface area contributed by atoms with Gasteiger partial charge in [0.15, 0.2) is 5.96 Å². The highest BCUT2D eigenvalue weighted by Crippen LogP contribution is 2.14. The number of ether oxygens (including phenoxy) is 1. The second kappa shape index (κ2) is 12.3. The highest BCUT2D eigenvalue weighted by molar-refractivity contribution is 14.0. The second-order valence-electron chi connectivity index (χ2n) is 6.58. The molecular formula is C21H28ClIN4O. The minimum atomic E-state index is 0. The maximum absolute atomic E-state index is 6.20. The van der Waals surface area contributed by atoms with E-state index in [0.717, 1.165) is 55.9 Å². The van der Waals surface area contributed by atoms with E-state index in [2.05, 4.69) is 44.8 Å². The van der Waals surface area contributed by atoms with Gasteiger partial charge in [0.25, 0.3) is 0 Å². The molecule has 1 fully saturated rings. The maximum Gasteiger partial charge on any atom is 0.191 e. The number of nitrogens with one attached hydrogen (secondary N) is 2. The summed E-state index contributed by atoms with van der Waals surface area (Å²) in [6, 6.07) is 16.6. The number of rotatable bonds is 6. The highest BCUT2D eigenvalue weighted by atomic mass is 127. The van der Waals surface area contributed by atoms with Gasteiger partial charge in [-0.15, -0.1) is 24.0 Å². The number of morpholine rings is 1. The Labute approximate surface area is 189 Å². The zero-order valence-electron chi connectivity index (χ0n) is 16.2. The van der Waals surface area contributed by atoms with E-state index >= 15 is 0 Å². The van der Waals surface area contributed by atoms with Crippen molar-refractivity contribution in [2.45, 2.75) is 19.6 Å². The molecule has 3 rings (SSSR count). The van der Waals surface area contributed by atoms with Crippen molar-refractivity contribution in [3.05, 3.63) is 70.2 Å². The van der Waals surface area contributed by atoms with Crippen LogP contribution in [0.2, 0.25) is 5.02 Å². The Kier molecular flexibility index (Phi) is 10.0. The Bertz CT molecular complexity index is 748. The molecule has 0 aliphatic carbocycles. The first-order valence-electron chi connectivity index (χ1n) is 9.30. The van der Waals surface area contributed by atoms with E-state index in [4.69, 9.17) is 16.3 Å². The minimum absolute atomic E-state index is 0. The summed E-state index contributed by atoms with van der Waals surface area (Å²) >= 11 is 6.20. The van der Waals surface area contributed by atoms with Crippen molar-refractivity contribution in [2.75, 3.05) is 33.4 Å². The monoisotopic (exact) mass is 514 g/mol. The summed E-state index contributed by atoms with van der Waals surface area (Å²) in [7, 11) is 1.77. The molecule has 1 heterocycles. The third-order valence-electron chi connectivity index (χ3n) is 4.62. The summed E-state index contributed by atoms with van der Waals surface area (Å²) in [5, 5.41) is 7.40. The van der Waals surface area contributed by atoms with Gasteiger partial charge in [0.05, 0.1) is 13.2 Å². The fourth-order valence-corrected chi connectivity index (χ4v) is 3.21. The van der Waals surface area contributed by atoms with Crippen LogP contribution in [0.15, 0.2) is 53.5 Å². The lowest BCUT2D eigenvalue weighted by atomic mass is 10.1. The first-order chi connectivity index (χ1) is 13.2. The molecule has 2 aromatic rings. The van der Waals surface area contributed by atoms with E-state index in [1.807, 2.05) is 24.3 Å². The number of halogens is 2. The van der Waals surface area contributed by atoms with Crippen LogP contribution in [-0.2, 0) is 24.4 Å². The first kappa shape index (κ1) is 22.9. The number of guanidine groups is 1. The van der Waals surface area contributed by atoms with Gasteiger partial charge >= 0.3 is 0 Å². The Morgan fingerprint density at radius 1 is 1.00 bits per heavy atom.